The fourth-order valence-electron chi connectivity index (χ4n) is 15.3. The van der Waals surface area contributed by atoms with Crippen LogP contribution < -0.4 is 0 Å². The summed E-state index contributed by atoms with van der Waals surface area (Å²) in [6.45, 7) is 14.0. The zero-order valence-corrected chi connectivity index (χ0v) is 38.8. The largest absolute Gasteiger partial charge is 0.480 e. The van der Waals surface area contributed by atoms with Crippen LogP contribution in [0.5, 0.6) is 0 Å². The van der Waals surface area contributed by atoms with Crippen molar-refractivity contribution in [2.24, 2.45) is 56.2 Å². The highest BCUT2D eigenvalue weighted by Crippen LogP contribution is 2.76. The molecule has 8 rings (SSSR count). The van der Waals surface area contributed by atoms with E-state index in [0.29, 0.717) is 32.1 Å². The predicted molar refractivity (Wildman–Crippen MR) is 224 cm³/mol. The van der Waals surface area contributed by atoms with Gasteiger partial charge in [-0.15, -0.1) is 0 Å². The normalized spacial score (nSPS) is 50.4. The summed E-state index contributed by atoms with van der Waals surface area (Å²) in [6.07, 6.45) is -8.84. The predicted octanol–water partition coefficient (Wildman–Crippen LogP) is 1.94. The van der Waals surface area contributed by atoms with Crippen LogP contribution >= 0.6 is 0 Å². The molecule has 20 atom stereocenters. The van der Waals surface area contributed by atoms with Crippen LogP contribution in [0, 0.1) is 56.2 Å². The van der Waals surface area contributed by atoms with Crippen molar-refractivity contribution in [2.45, 2.75) is 186 Å². The fraction of sp³-hybridized carbons (Fsp3) is 0.872. The summed E-state index contributed by atoms with van der Waals surface area (Å²) in [7, 11) is 0. The third kappa shape index (κ3) is 7.30. The van der Waals surface area contributed by atoms with Gasteiger partial charge in [-0.1, -0.05) is 60.1 Å². The van der Waals surface area contributed by atoms with Crippen molar-refractivity contribution in [3.8, 4) is 0 Å². The number of rotatable bonds is 9. The lowest BCUT2D eigenvalue weighted by atomic mass is 9.33. The topological polar surface area (TPSA) is 306 Å². The number of aliphatic hydroxyl groups excluding tert-OH is 5. The van der Waals surface area contributed by atoms with E-state index in [1.54, 1.807) is 0 Å². The summed E-state index contributed by atoms with van der Waals surface area (Å²) in [4.78, 5) is 51.1. The molecule has 3 aliphatic heterocycles. The van der Waals surface area contributed by atoms with Gasteiger partial charge in [-0.3, -0.25) is 4.79 Å². The third-order valence-corrected chi connectivity index (χ3v) is 19.0. The maximum absolute atomic E-state index is 14.7. The SMILES string of the molecule is CC1(C)CC[C@]2(C(=O)O[C@@H]3O[C@H](CO)[C@@H](O)[C@H](O)[C@H]3O)CC[C@]3(C)C(=CC[C@@H]4[C@@]5(C)CC[C@H]([C@@H]6O[C@H](C(=O)O)[C@@H](O)[C@@H]7OC(O)(C(=O)O)C(OCC(=O)O)O[C@@H]67)C(C)(C)[C@@H]5CC[C@]43C)[C@@H]2C1. The van der Waals surface area contributed by atoms with Gasteiger partial charge in [-0.05, 0) is 115 Å². The summed E-state index contributed by atoms with van der Waals surface area (Å²) in [5.74, 6) is -9.21. The molecule has 3 saturated heterocycles. The maximum Gasteiger partial charge on any atom is 0.369 e. The number of esters is 1. The number of hydrogen-bond acceptors (Lipinski definition) is 16. The molecule has 2 unspecified atom stereocenters. The molecule has 4 saturated carbocycles. The second-order valence-corrected chi connectivity index (χ2v) is 23.0. The Kier molecular flexibility index (Phi) is 12.5. The van der Waals surface area contributed by atoms with E-state index in [-0.39, 0.29) is 39.4 Å². The van der Waals surface area contributed by atoms with Gasteiger partial charge in [0.05, 0.1) is 18.1 Å². The molecule has 0 aromatic rings. The van der Waals surface area contributed by atoms with E-state index >= 15 is 0 Å². The van der Waals surface area contributed by atoms with Gasteiger partial charge in [0.2, 0.25) is 12.6 Å². The number of allylic oxidation sites excluding steroid dienone is 2. The second-order valence-electron chi connectivity index (χ2n) is 23.0. The van der Waals surface area contributed by atoms with E-state index < -0.39 is 127 Å². The summed E-state index contributed by atoms with van der Waals surface area (Å²) in [6, 6.07) is 0. The molecule has 19 heteroatoms. The first-order chi connectivity index (χ1) is 30.6. The summed E-state index contributed by atoms with van der Waals surface area (Å²) in [5, 5.41) is 93.5. The van der Waals surface area contributed by atoms with Crippen molar-refractivity contribution >= 4 is 23.9 Å². The number of carboxylic acid groups (broad SMARTS) is 3. The van der Waals surface area contributed by atoms with E-state index in [1.807, 2.05) is 0 Å². The summed E-state index contributed by atoms with van der Waals surface area (Å²) in [5.41, 5.74) is -1.23. The molecule has 372 valence electrons. The zero-order valence-electron chi connectivity index (χ0n) is 38.8. The van der Waals surface area contributed by atoms with Crippen molar-refractivity contribution in [3.05, 3.63) is 11.6 Å². The van der Waals surface area contributed by atoms with Crippen LogP contribution in [0.3, 0.4) is 0 Å². The smallest absolute Gasteiger partial charge is 0.369 e. The molecule has 0 aromatic heterocycles. The van der Waals surface area contributed by atoms with Crippen molar-refractivity contribution in [2.75, 3.05) is 13.2 Å². The minimum atomic E-state index is -3.28. The zero-order chi connectivity index (χ0) is 48.5. The molecule has 19 nitrogen and oxygen atoms in total. The van der Waals surface area contributed by atoms with Crippen molar-refractivity contribution in [1.82, 2.24) is 0 Å². The highest BCUT2D eigenvalue weighted by atomic mass is 16.8. The maximum atomic E-state index is 14.7. The van der Waals surface area contributed by atoms with Gasteiger partial charge in [0.15, 0.2) is 6.10 Å². The monoisotopic (exact) mass is 938 g/mol. The molecule has 0 radical (unpaired) electrons. The van der Waals surface area contributed by atoms with Crippen molar-refractivity contribution in [3.63, 3.8) is 0 Å². The Morgan fingerprint density at radius 2 is 1.44 bits per heavy atom. The van der Waals surface area contributed by atoms with Crippen LogP contribution in [0.2, 0.25) is 0 Å². The number of aliphatic hydroxyl groups is 6. The highest BCUT2D eigenvalue weighted by Gasteiger charge is 2.72. The van der Waals surface area contributed by atoms with E-state index in [2.05, 4.69) is 54.5 Å². The van der Waals surface area contributed by atoms with Crippen LogP contribution in [0.15, 0.2) is 11.6 Å². The quantitative estimate of drug-likeness (QED) is 0.118. The Hall–Kier alpha value is -2.82. The first kappa shape index (κ1) is 49.6. The number of ether oxygens (including phenoxy) is 6. The molecule has 3 heterocycles. The number of carbonyl (C=O) groups excluding carboxylic acids is 1. The minimum absolute atomic E-state index is 0.0434. The van der Waals surface area contributed by atoms with Gasteiger partial charge < -0.3 is 74.4 Å². The van der Waals surface area contributed by atoms with Gasteiger partial charge in [0, 0.05) is 0 Å². The number of carbonyl (C=O) groups is 4. The van der Waals surface area contributed by atoms with Gasteiger partial charge in [0.1, 0.15) is 49.3 Å². The molecular formula is C47H70O19. The van der Waals surface area contributed by atoms with Crippen LogP contribution in [-0.2, 0) is 47.6 Å². The molecule has 5 aliphatic carbocycles. The first-order valence-corrected chi connectivity index (χ1v) is 23.5. The van der Waals surface area contributed by atoms with Gasteiger partial charge in [-0.25, -0.2) is 14.4 Å². The highest BCUT2D eigenvalue weighted by molar-refractivity contribution is 5.79. The van der Waals surface area contributed by atoms with Gasteiger partial charge in [0.25, 0.3) is 0 Å². The molecular weight excluding hydrogens is 868 g/mol. The molecule has 0 spiro atoms. The average molecular weight is 939 g/mol. The molecule has 66 heavy (non-hydrogen) atoms. The Balaban J connectivity index is 1.09. The Morgan fingerprint density at radius 3 is 2.08 bits per heavy atom. The van der Waals surface area contributed by atoms with Crippen molar-refractivity contribution < 1.29 is 93.6 Å². The Bertz CT molecular complexity index is 1970. The molecule has 0 amide bonds. The Labute approximate surface area is 383 Å². The fourth-order valence-corrected chi connectivity index (χ4v) is 15.3. The van der Waals surface area contributed by atoms with E-state index in [0.717, 1.165) is 32.1 Å². The second kappa shape index (κ2) is 16.7. The van der Waals surface area contributed by atoms with Crippen molar-refractivity contribution in [1.29, 1.82) is 0 Å². The van der Waals surface area contributed by atoms with Crippen LogP contribution in [0.4, 0.5) is 0 Å². The van der Waals surface area contributed by atoms with Gasteiger partial charge in [-0.2, -0.15) is 0 Å². The Morgan fingerprint density at radius 1 is 0.758 bits per heavy atom. The lowest BCUT2D eigenvalue weighted by Gasteiger charge is -2.72. The minimum Gasteiger partial charge on any atom is -0.480 e. The number of aliphatic carboxylic acids is 3. The number of carboxylic acids is 3. The third-order valence-electron chi connectivity index (χ3n) is 19.0. The molecule has 7 fully saturated rings. The lowest BCUT2D eigenvalue weighted by molar-refractivity contribution is -0.427. The standard InChI is InChI=1S/C47H70O19/c1-41(2)14-16-46(39(59)65-37-30(53)29(52)28(51)24(19-48)62-37)17-15-44(6)21(23(46)18-41)8-9-26-43(5)12-10-22(42(3,4)25(43)11-13-45(26,44)7)32-35-33(31(54)34(63-32)36(55)56)66-47(60,38(57)58)40(64-35)61-20-27(49)50/h8,22-26,28-35,37,40,48,51-54,60H,9-20H2,1-7H3,(H,49,50)(H,55,56)(H,57,58)/t22-,23+,24-,25+,26-,28-,29+,30-,31+,32+,33+,34+,35+,37+,40?,43+,44-,45-,46+,47?/m1/s1. The van der Waals surface area contributed by atoms with Crippen LogP contribution in [0.25, 0.3) is 0 Å². The van der Waals surface area contributed by atoms with E-state index in [4.69, 9.17) is 28.4 Å². The molecule has 9 N–H and O–H groups in total. The number of hydrogen-bond donors (Lipinski definition) is 9. The first-order valence-electron chi connectivity index (χ1n) is 23.5. The van der Waals surface area contributed by atoms with E-state index in [1.165, 1.54) is 5.57 Å². The van der Waals surface area contributed by atoms with Gasteiger partial charge >= 0.3 is 29.7 Å². The van der Waals surface area contributed by atoms with E-state index in [9.17, 15) is 65.1 Å². The summed E-state index contributed by atoms with van der Waals surface area (Å²) < 4.78 is 34.7. The molecule has 0 aromatic carbocycles. The lowest BCUT2D eigenvalue weighted by Crippen LogP contribution is -2.73. The molecule has 8 aliphatic rings. The van der Waals surface area contributed by atoms with Crippen LogP contribution in [0.1, 0.15) is 113 Å². The number of fused-ring (bicyclic) bond motifs is 8. The average Bonchev–Trinajstić information content (AvgIpc) is 3.23. The summed E-state index contributed by atoms with van der Waals surface area (Å²) >= 11 is 0. The van der Waals surface area contributed by atoms with Crippen LogP contribution in [-0.4, -0.2) is 156 Å². The molecule has 0 bridgehead atoms.